The Morgan fingerprint density at radius 2 is 2.19 bits per heavy atom. The molecule has 6 atom stereocenters. The Hall–Kier alpha value is -1.87. The zero-order valence-electron chi connectivity index (χ0n) is 21.2. The Bertz CT molecular complexity index is 1310. The zero-order valence-corrected chi connectivity index (χ0v) is 23.6. The van der Waals surface area contributed by atoms with Crippen molar-refractivity contribution in [2.75, 3.05) is 20.1 Å². The van der Waals surface area contributed by atoms with Gasteiger partial charge in [0.25, 0.3) is 0 Å². The molecule has 7 rings (SSSR count). The van der Waals surface area contributed by atoms with Crippen LogP contribution >= 0.6 is 27.3 Å². The predicted molar refractivity (Wildman–Crippen MR) is 147 cm³/mol. The average molecular weight is 586 g/mol. The minimum Gasteiger partial charge on any atom is -0.504 e. The largest absolute Gasteiger partial charge is 0.504 e. The van der Waals surface area contributed by atoms with E-state index in [9.17, 15) is 15.0 Å². The third-order valence-corrected chi connectivity index (χ3v) is 11.5. The molecule has 0 unspecified atom stereocenters. The van der Waals surface area contributed by atoms with Crippen LogP contribution in [0.25, 0.3) is 6.08 Å². The number of likely N-dealkylation sites (tertiary alicyclic amines) is 1. The third kappa shape index (κ3) is 3.38. The number of halogens is 1. The number of hydrogen-bond acceptors (Lipinski definition) is 6. The quantitative estimate of drug-likeness (QED) is 0.504. The number of nitrogens with zero attached hydrogens (tertiary/aromatic N) is 2. The fourth-order valence-corrected chi connectivity index (χ4v) is 9.48. The molecule has 1 spiro atoms. The van der Waals surface area contributed by atoms with Crippen LogP contribution in [-0.2, 0) is 16.6 Å². The van der Waals surface area contributed by atoms with Gasteiger partial charge in [0.1, 0.15) is 6.10 Å². The molecule has 196 valence electrons. The summed E-state index contributed by atoms with van der Waals surface area (Å²) in [6.07, 6.45) is 7.81. The number of benzene rings is 1. The van der Waals surface area contributed by atoms with E-state index in [4.69, 9.17) is 4.74 Å². The fraction of sp³-hybridized carbons (Fsp3) is 0.552. The molecule has 1 aromatic carbocycles. The Morgan fingerprint density at radius 3 is 2.92 bits per heavy atom. The van der Waals surface area contributed by atoms with Gasteiger partial charge in [0.15, 0.2) is 11.5 Å². The number of thiophene rings is 1. The van der Waals surface area contributed by atoms with Gasteiger partial charge in [0, 0.05) is 46.0 Å². The summed E-state index contributed by atoms with van der Waals surface area (Å²) in [6, 6.07) is 5.56. The summed E-state index contributed by atoms with van der Waals surface area (Å²) < 4.78 is 7.68. The van der Waals surface area contributed by atoms with Gasteiger partial charge in [-0.15, -0.1) is 11.3 Å². The van der Waals surface area contributed by atoms with Crippen molar-refractivity contribution < 1.29 is 19.7 Å². The lowest BCUT2D eigenvalue weighted by Gasteiger charge is -2.66. The topological polar surface area (TPSA) is 73.2 Å². The second-order valence-corrected chi connectivity index (χ2v) is 13.8. The van der Waals surface area contributed by atoms with Gasteiger partial charge in [-0.1, -0.05) is 13.0 Å². The van der Waals surface area contributed by atoms with E-state index in [1.54, 1.807) is 23.5 Å². The SMILES string of the molecule is C[C@@H]1C[C@@]2(O)[C@H]3Cc4ccc(O)c5c4[C@@]2(CCN3CC2CC2)[C@@H](O5)[C@@H]1N(C)C(=O)/C=C/c1cc(Br)cs1. The van der Waals surface area contributed by atoms with Crippen molar-refractivity contribution in [1.82, 2.24) is 9.80 Å². The molecule has 0 radical (unpaired) electrons. The summed E-state index contributed by atoms with van der Waals surface area (Å²) in [5, 5.41) is 25.6. The smallest absolute Gasteiger partial charge is 0.246 e. The molecule has 37 heavy (non-hydrogen) atoms. The first-order chi connectivity index (χ1) is 17.7. The molecule has 8 heteroatoms. The van der Waals surface area contributed by atoms with Crippen molar-refractivity contribution in [1.29, 1.82) is 0 Å². The summed E-state index contributed by atoms with van der Waals surface area (Å²) in [6.45, 7) is 4.10. The number of carbonyl (C=O) groups excluding carboxylic acids is 1. The molecular formula is C29H33BrN2O4S. The highest BCUT2D eigenvalue weighted by Gasteiger charge is 2.74. The molecule has 1 aromatic heterocycles. The van der Waals surface area contributed by atoms with Gasteiger partial charge in [-0.05, 0) is 90.2 Å². The van der Waals surface area contributed by atoms with Crippen LogP contribution in [-0.4, -0.2) is 69.8 Å². The molecule has 2 aliphatic heterocycles. The van der Waals surface area contributed by atoms with Crippen LogP contribution in [0.1, 0.15) is 48.6 Å². The zero-order chi connectivity index (χ0) is 25.7. The van der Waals surface area contributed by atoms with E-state index in [2.05, 4.69) is 27.8 Å². The third-order valence-electron chi connectivity index (χ3n) is 9.86. The first-order valence-corrected chi connectivity index (χ1v) is 15.1. The van der Waals surface area contributed by atoms with Gasteiger partial charge in [-0.2, -0.15) is 0 Å². The van der Waals surface area contributed by atoms with Gasteiger partial charge in [0.05, 0.1) is 17.1 Å². The number of piperidine rings is 1. The van der Waals surface area contributed by atoms with E-state index in [-0.39, 0.29) is 29.7 Å². The minimum absolute atomic E-state index is 0.0255. The van der Waals surface area contributed by atoms with Crippen LogP contribution in [0.3, 0.4) is 0 Å². The molecule has 3 fully saturated rings. The second kappa shape index (κ2) is 8.31. The van der Waals surface area contributed by atoms with Gasteiger partial charge < -0.3 is 19.8 Å². The Balaban J connectivity index is 1.29. The standard InChI is InChI=1S/C29H33BrN2O4S/c1-16-13-29(35)22-11-18-5-7-21(33)26-24(18)28(29,9-10-32(22)14-17-3-4-17)27(36-26)25(16)31(2)23(34)8-6-20-12-19(30)15-37-20/h5-8,12,15-17,22,25,27,33,35H,3-4,9-11,13-14H2,1-2H3/b8-6+/t16-,22-,25-,27+,28+,29-/m1/s1. The van der Waals surface area contributed by atoms with E-state index in [1.807, 2.05) is 35.5 Å². The number of hydrogen-bond donors (Lipinski definition) is 2. The maximum absolute atomic E-state index is 13.4. The van der Waals surface area contributed by atoms with E-state index in [0.29, 0.717) is 12.2 Å². The number of phenols is 1. The van der Waals surface area contributed by atoms with Crippen LogP contribution in [0.4, 0.5) is 0 Å². The minimum atomic E-state index is -0.963. The lowest BCUT2D eigenvalue weighted by Crippen LogP contribution is -2.79. The fourth-order valence-electron chi connectivity index (χ4n) is 8.15. The average Bonchev–Trinajstić information content (AvgIpc) is 3.46. The first kappa shape index (κ1) is 24.2. The number of carbonyl (C=O) groups is 1. The summed E-state index contributed by atoms with van der Waals surface area (Å²) in [4.78, 5) is 18.8. The summed E-state index contributed by atoms with van der Waals surface area (Å²) in [7, 11) is 1.86. The summed E-state index contributed by atoms with van der Waals surface area (Å²) in [5.74, 6) is 1.35. The van der Waals surface area contributed by atoms with Crippen molar-refractivity contribution in [3.05, 3.63) is 50.1 Å². The van der Waals surface area contributed by atoms with Crippen LogP contribution in [0, 0.1) is 11.8 Å². The number of aliphatic hydroxyl groups is 1. The van der Waals surface area contributed by atoms with Crippen molar-refractivity contribution in [2.24, 2.45) is 11.8 Å². The number of likely N-dealkylation sites (N-methyl/N-ethyl adjacent to an activating group) is 1. The molecule has 3 aliphatic carbocycles. The maximum Gasteiger partial charge on any atom is 0.246 e. The van der Waals surface area contributed by atoms with Crippen LogP contribution in [0.5, 0.6) is 11.5 Å². The van der Waals surface area contributed by atoms with Gasteiger partial charge in [-0.3, -0.25) is 9.69 Å². The molecule has 2 bridgehead atoms. The first-order valence-electron chi connectivity index (χ1n) is 13.4. The van der Waals surface area contributed by atoms with E-state index in [1.165, 1.54) is 18.4 Å². The van der Waals surface area contributed by atoms with Crippen LogP contribution < -0.4 is 4.74 Å². The number of amides is 1. The van der Waals surface area contributed by atoms with Crippen molar-refractivity contribution in [2.45, 2.75) is 68.2 Å². The molecule has 2 aromatic rings. The summed E-state index contributed by atoms with van der Waals surface area (Å²) >= 11 is 5.05. The van der Waals surface area contributed by atoms with E-state index in [0.717, 1.165) is 46.8 Å². The molecule has 1 saturated heterocycles. The predicted octanol–water partition coefficient (Wildman–Crippen LogP) is 4.57. The molecule has 6 nitrogen and oxygen atoms in total. The number of aromatic hydroxyl groups is 1. The van der Waals surface area contributed by atoms with Gasteiger partial charge in [-0.25, -0.2) is 0 Å². The van der Waals surface area contributed by atoms with Crippen LogP contribution in [0.2, 0.25) is 0 Å². The van der Waals surface area contributed by atoms with Crippen LogP contribution in [0.15, 0.2) is 34.1 Å². The highest BCUT2D eigenvalue weighted by Crippen LogP contribution is 2.66. The monoisotopic (exact) mass is 584 g/mol. The van der Waals surface area contributed by atoms with Crippen molar-refractivity contribution >= 4 is 39.2 Å². The van der Waals surface area contributed by atoms with Crippen molar-refractivity contribution in [3.63, 3.8) is 0 Å². The highest BCUT2D eigenvalue weighted by molar-refractivity contribution is 9.10. The Kier molecular flexibility index (Phi) is 5.43. The molecule has 1 amide bonds. The van der Waals surface area contributed by atoms with E-state index >= 15 is 0 Å². The lowest BCUT2D eigenvalue weighted by atomic mass is 9.46. The second-order valence-electron chi connectivity index (χ2n) is 11.9. The Labute approximate surface area is 230 Å². The molecular weight excluding hydrogens is 552 g/mol. The molecule has 5 aliphatic rings. The normalized spacial score (nSPS) is 35.9. The summed E-state index contributed by atoms with van der Waals surface area (Å²) in [5.41, 5.74) is 0.582. The number of phenolic OH excluding ortho intramolecular Hbond substituents is 1. The van der Waals surface area contributed by atoms with Gasteiger partial charge >= 0.3 is 0 Å². The molecule has 3 heterocycles. The van der Waals surface area contributed by atoms with Gasteiger partial charge in [0.2, 0.25) is 5.91 Å². The number of ether oxygens (including phenoxy) is 1. The lowest BCUT2D eigenvalue weighted by molar-refractivity contribution is -0.212. The maximum atomic E-state index is 13.4. The highest BCUT2D eigenvalue weighted by atomic mass is 79.9. The number of rotatable bonds is 5. The van der Waals surface area contributed by atoms with Crippen molar-refractivity contribution in [3.8, 4) is 11.5 Å². The Morgan fingerprint density at radius 1 is 1.38 bits per heavy atom. The van der Waals surface area contributed by atoms with E-state index < -0.39 is 17.1 Å². The molecule has 2 saturated carbocycles. The molecule has 2 N–H and O–H groups in total.